The molecule has 0 aliphatic rings. The Morgan fingerprint density at radius 2 is 1.75 bits per heavy atom. The van der Waals surface area contributed by atoms with Gasteiger partial charge in [0.15, 0.2) is 0 Å². The minimum atomic E-state index is -0.251. The van der Waals surface area contributed by atoms with Crippen LogP contribution in [0.1, 0.15) is 30.5 Å². The highest BCUT2D eigenvalue weighted by molar-refractivity contribution is 6.34. The lowest BCUT2D eigenvalue weighted by molar-refractivity contribution is 0.585. The van der Waals surface area contributed by atoms with Gasteiger partial charge in [0.25, 0.3) is 0 Å². The summed E-state index contributed by atoms with van der Waals surface area (Å²) >= 11 is 12.1. The molecule has 1 nitrogen and oxygen atoms in total. The van der Waals surface area contributed by atoms with E-state index >= 15 is 0 Å². The molecule has 0 spiro atoms. The van der Waals surface area contributed by atoms with Gasteiger partial charge in [-0.25, -0.2) is 4.39 Å². The van der Waals surface area contributed by atoms with Crippen molar-refractivity contribution in [2.24, 2.45) is 0 Å². The summed E-state index contributed by atoms with van der Waals surface area (Å²) in [6, 6.07) is 11.8. The van der Waals surface area contributed by atoms with Gasteiger partial charge in [0.1, 0.15) is 5.82 Å². The molecule has 1 atom stereocenters. The van der Waals surface area contributed by atoms with E-state index in [0.717, 1.165) is 24.1 Å². The third kappa shape index (κ3) is 3.95. The second-order valence-corrected chi connectivity index (χ2v) is 5.52. The molecule has 2 aromatic carbocycles. The van der Waals surface area contributed by atoms with E-state index in [4.69, 9.17) is 23.2 Å². The van der Waals surface area contributed by atoms with Gasteiger partial charge in [0, 0.05) is 10.0 Å². The number of nitrogens with one attached hydrogen (secondary N) is 1. The molecule has 0 aromatic heterocycles. The molecule has 0 bridgehead atoms. The lowest BCUT2D eigenvalue weighted by Crippen LogP contribution is -2.23. The van der Waals surface area contributed by atoms with Gasteiger partial charge < -0.3 is 5.32 Å². The van der Waals surface area contributed by atoms with Crippen molar-refractivity contribution in [1.82, 2.24) is 5.32 Å². The van der Waals surface area contributed by atoms with E-state index in [1.54, 1.807) is 12.1 Å². The highest BCUT2D eigenvalue weighted by Gasteiger charge is 2.15. The Labute approximate surface area is 128 Å². The zero-order chi connectivity index (χ0) is 14.5. The van der Waals surface area contributed by atoms with E-state index in [0.29, 0.717) is 10.0 Å². The predicted molar refractivity (Wildman–Crippen MR) is 83.0 cm³/mol. The Morgan fingerprint density at radius 1 is 1.05 bits per heavy atom. The number of benzene rings is 2. The van der Waals surface area contributed by atoms with Gasteiger partial charge in [-0.05, 0) is 54.4 Å². The third-order valence-corrected chi connectivity index (χ3v) is 3.44. The van der Waals surface area contributed by atoms with Gasteiger partial charge in [0.05, 0.1) is 6.04 Å². The summed E-state index contributed by atoms with van der Waals surface area (Å²) in [6.07, 6.45) is 0.986. The number of halogens is 3. The van der Waals surface area contributed by atoms with Gasteiger partial charge >= 0.3 is 0 Å². The molecule has 4 heteroatoms. The molecule has 0 heterocycles. The van der Waals surface area contributed by atoms with Crippen molar-refractivity contribution in [2.75, 3.05) is 6.54 Å². The summed E-state index contributed by atoms with van der Waals surface area (Å²) in [7, 11) is 0. The normalized spacial score (nSPS) is 12.4. The van der Waals surface area contributed by atoms with E-state index < -0.39 is 0 Å². The number of rotatable bonds is 5. The molecule has 20 heavy (non-hydrogen) atoms. The summed E-state index contributed by atoms with van der Waals surface area (Å²) in [5.74, 6) is -0.251. The first-order valence-corrected chi connectivity index (χ1v) is 7.30. The average Bonchev–Trinajstić information content (AvgIpc) is 2.38. The summed E-state index contributed by atoms with van der Waals surface area (Å²) in [6.45, 7) is 2.91. The van der Waals surface area contributed by atoms with Gasteiger partial charge in [-0.3, -0.25) is 0 Å². The molecule has 0 radical (unpaired) electrons. The first-order chi connectivity index (χ1) is 9.60. The van der Waals surface area contributed by atoms with Crippen LogP contribution in [0.5, 0.6) is 0 Å². The monoisotopic (exact) mass is 311 g/mol. The maximum atomic E-state index is 13.4. The molecule has 2 rings (SSSR count). The van der Waals surface area contributed by atoms with Crippen molar-refractivity contribution in [3.63, 3.8) is 0 Å². The first-order valence-electron chi connectivity index (χ1n) is 6.55. The van der Waals surface area contributed by atoms with Gasteiger partial charge in [-0.15, -0.1) is 0 Å². The highest BCUT2D eigenvalue weighted by atomic mass is 35.5. The van der Waals surface area contributed by atoms with Crippen LogP contribution in [0.2, 0.25) is 10.0 Å². The van der Waals surface area contributed by atoms with E-state index in [1.807, 2.05) is 18.2 Å². The minimum Gasteiger partial charge on any atom is -0.306 e. The van der Waals surface area contributed by atoms with Gasteiger partial charge in [-0.1, -0.05) is 42.3 Å². The van der Waals surface area contributed by atoms with E-state index in [9.17, 15) is 4.39 Å². The van der Waals surface area contributed by atoms with Crippen molar-refractivity contribution in [3.8, 4) is 0 Å². The smallest absolute Gasteiger partial charge is 0.123 e. The fourth-order valence-electron chi connectivity index (χ4n) is 2.14. The van der Waals surface area contributed by atoms with Crippen molar-refractivity contribution in [3.05, 3.63) is 69.5 Å². The number of hydrogen-bond acceptors (Lipinski definition) is 1. The second-order valence-electron chi connectivity index (χ2n) is 4.64. The zero-order valence-electron chi connectivity index (χ0n) is 11.2. The Bertz CT molecular complexity index is 566. The van der Waals surface area contributed by atoms with E-state index in [1.165, 1.54) is 12.1 Å². The van der Waals surface area contributed by atoms with E-state index in [2.05, 4.69) is 12.2 Å². The van der Waals surface area contributed by atoms with Crippen LogP contribution in [0.15, 0.2) is 42.5 Å². The van der Waals surface area contributed by atoms with Crippen molar-refractivity contribution in [2.45, 2.75) is 19.4 Å². The number of hydrogen-bond donors (Lipinski definition) is 1. The molecule has 0 saturated heterocycles. The Hall–Kier alpha value is -1.09. The molecule has 0 saturated carbocycles. The molecule has 1 N–H and O–H groups in total. The quantitative estimate of drug-likeness (QED) is 0.798. The second kappa shape index (κ2) is 7.07. The Kier molecular flexibility index (Phi) is 5.41. The standard InChI is InChI=1S/C16H16Cl2FN/c1-2-6-20-16(11-4-3-5-15(19)9-11)12-7-13(17)10-14(18)8-12/h3-5,7-10,16,20H,2,6H2,1H3. The van der Waals surface area contributed by atoms with Crippen LogP contribution in [0.4, 0.5) is 4.39 Å². The van der Waals surface area contributed by atoms with Gasteiger partial charge in [-0.2, -0.15) is 0 Å². The van der Waals surface area contributed by atoms with Crippen LogP contribution in [-0.2, 0) is 0 Å². The minimum absolute atomic E-state index is 0.123. The highest BCUT2D eigenvalue weighted by Crippen LogP contribution is 2.28. The molecular weight excluding hydrogens is 296 g/mol. The lowest BCUT2D eigenvalue weighted by atomic mass is 9.98. The molecule has 0 aliphatic heterocycles. The first kappa shape index (κ1) is 15.3. The van der Waals surface area contributed by atoms with Crippen molar-refractivity contribution in [1.29, 1.82) is 0 Å². The molecular formula is C16H16Cl2FN. The lowest BCUT2D eigenvalue weighted by Gasteiger charge is -2.20. The Morgan fingerprint density at radius 3 is 2.35 bits per heavy atom. The fourth-order valence-corrected chi connectivity index (χ4v) is 2.69. The van der Waals surface area contributed by atoms with Crippen LogP contribution in [-0.4, -0.2) is 6.54 Å². The zero-order valence-corrected chi connectivity index (χ0v) is 12.7. The van der Waals surface area contributed by atoms with Crippen molar-refractivity contribution < 1.29 is 4.39 Å². The van der Waals surface area contributed by atoms with Crippen LogP contribution in [0.3, 0.4) is 0 Å². The molecule has 106 valence electrons. The molecule has 2 aromatic rings. The van der Waals surface area contributed by atoms with Gasteiger partial charge in [0.2, 0.25) is 0 Å². The molecule has 0 fully saturated rings. The summed E-state index contributed by atoms with van der Waals surface area (Å²) in [4.78, 5) is 0. The fraction of sp³-hybridized carbons (Fsp3) is 0.250. The molecule has 1 unspecified atom stereocenters. The summed E-state index contributed by atoms with van der Waals surface area (Å²) in [5, 5.41) is 4.55. The van der Waals surface area contributed by atoms with Crippen LogP contribution in [0, 0.1) is 5.82 Å². The average molecular weight is 312 g/mol. The largest absolute Gasteiger partial charge is 0.306 e. The summed E-state index contributed by atoms with van der Waals surface area (Å²) in [5.41, 5.74) is 1.79. The maximum Gasteiger partial charge on any atom is 0.123 e. The molecule has 0 amide bonds. The van der Waals surface area contributed by atoms with Crippen molar-refractivity contribution >= 4 is 23.2 Å². The SMILES string of the molecule is CCCNC(c1cccc(F)c1)c1cc(Cl)cc(Cl)c1. The summed E-state index contributed by atoms with van der Waals surface area (Å²) < 4.78 is 13.4. The van der Waals surface area contributed by atoms with E-state index in [-0.39, 0.29) is 11.9 Å². The predicted octanol–water partition coefficient (Wildman–Crippen LogP) is 5.22. The Balaban J connectivity index is 2.41. The van der Waals surface area contributed by atoms with Crippen LogP contribution >= 0.6 is 23.2 Å². The van der Waals surface area contributed by atoms with Crippen LogP contribution in [0.25, 0.3) is 0 Å². The third-order valence-electron chi connectivity index (χ3n) is 3.00. The maximum absolute atomic E-state index is 13.4. The van der Waals surface area contributed by atoms with Crippen LogP contribution < -0.4 is 5.32 Å². The molecule has 0 aliphatic carbocycles. The topological polar surface area (TPSA) is 12.0 Å².